The highest BCUT2D eigenvalue weighted by molar-refractivity contribution is 7.13. The molecule has 0 aliphatic carbocycles. The molecule has 1 nitrogen and oxygen atoms in total. The van der Waals surface area contributed by atoms with Crippen molar-refractivity contribution in [2.45, 2.75) is 6.92 Å². The Morgan fingerprint density at radius 2 is 2.00 bits per heavy atom. The molecule has 0 N–H and O–H groups in total. The highest BCUT2D eigenvalue weighted by Gasteiger charge is 2.03. The lowest BCUT2D eigenvalue weighted by Crippen LogP contribution is -1.82. The smallest absolute Gasteiger partial charge is 0.145 e. The molecule has 0 radical (unpaired) electrons. The van der Waals surface area contributed by atoms with Crippen molar-refractivity contribution in [2.24, 2.45) is 0 Å². The Bertz CT molecular complexity index is 509. The lowest BCUT2D eigenvalue weighted by molar-refractivity contribution is -0.104. The summed E-state index contributed by atoms with van der Waals surface area (Å²) in [4.78, 5) is 11.9. The van der Waals surface area contributed by atoms with Gasteiger partial charge in [0.15, 0.2) is 0 Å². The summed E-state index contributed by atoms with van der Waals surface area (Å²) in [6.07, 6.45) is 2.80. The molecule has 0 spiro atoms. The van der Waals surface area contributed by atoms with Gasteiger partial charge in [-0.25, -0.2) is 0 Å². The van der Waals surface area contributed by atoms with E-state index in [1.807, 2.05) is 37.3 Å². The minimum atomic E-state index is 0.740. The van der Waals surface area contributed by atoms with E-state index < -0.39 is 0 Å². The predicted molar refractivity (Wildman–Crippen MR) is 69.5 cm³/mol. The predicted octanol–water partition coefficient (Wildman–Crippen LogP) is 4.02. The molecule has 0 bridgehead atoms. The van der Waals surface area contributed by atoms with Crippen molar-refractivity contribution >= 4 is 23.7 Å². The molecular weight excluding hydrogens is 216 g/mol. The molecule has 0 unspecified atom stereocenters. The van der Waals surface area contributed by atoms with Gasteiger partial charge in [-0.3, -0.25) is 4.79 Å². The van der Waals surface area contributed by atoms with Crippen LogP contribution >= 0.6 is 11.3 Å². The van der Waals surface area contributed by atoms with Gasteiger partial charge in [0.25, 0.3) is 0 Å². The molecule has 0 fully saturated rings. The van der Waals surface area contributed by atoms with Crippen LogP contribution in [0.1, 0.15) is 12.5 Å². The number of aldehydes is 1. The number of benzene rings is 1. The maximum atomic E-state index is 10.6. The molecule has 16 heavy (non-hydrogen) atoms. The molecular formula is C14H12OS. The van der Waals surface area contributed by atoms with Crippen molar-refractivity contribution in [1.82, 2.24) is 0 Å². The van der Waals surface area contributed by atoms with Crippen LogP contribution in [0.15, 0.2) is 47.4 Å². The highest BCUT2D eigenvalue weighted by atomic mass is 32.1. The van der Waals surface area contributed by atoms with Crippen LogP contribution in [0.4, 0.5) is 0 Å². The monoisotopic (exact) mass is 228 g/mol. The molecule has 2 aromatic rings. The van der Waals surface area contributed by atoms with Gasteiger partial charge in [0.1, 0.15) is 6.29 Å². The Hall–Kier alpha value is -1.67. The number of thiophene rings is 1. The maximum Gasteiger partial charge on any atom is 0.145 e. The van der Waals surface area contributed by atoms with E-state index in [1.54, 1.807) is 11.3 Å². The lowest BCUT2D eigenvalue weighted by atomic mass is 10.0. The van der Waals surface area contributed by atoms with E-state index in [-0.39, 0.29) is 0 Å². The number of hydrogen-bond donors (Lipinski definition) is 0. The van der Waals surface area contributed by atoms with Crippen LogP contribution in [-0.4, -0.2) is 6.29 Å². The molecule has 0 saturated carbocycles. The van der Waals surface area contributed by atoms with Crippen molar-refractivity contribution < 1.29 is 4.79 Å². The van der Waals surface area contributed by atoms with E-state index in [9.17, 15) is 4.79 Å². The van der Waals surface area contributed by atoms with Crippen molar-refractivity contribution in [3.05, 3.63) is 52.9 Å². The fourth-order valence-electron chi connectivity index (χ4n) is 1.56. The normalized spacial score (nSPS) is 11.4. The number of carbonyl (C=O) groups is 1. The SMILES string of the molecule is C/C(C=O)=C\c1ccccc1-c1cccs1. The van der Waals surface area contributed by atoms with E-state index >= 15 is 0 Å². The van der Waals surface area contributed by atoms with Gasteiger partial charge in [-0.1, -0.05) is 30.3 Å². The average molecular weight is 228 g/mol. The molecule has 0 atom stereocenters. The number of allylic oxidation sites excluding steroid dienone is 1. The summed E-state index contributed by atoms with van der Waals surface area (Å²) in [5.41, 5.74) is 3.01. The third kappa shape index (κ3) is 2.28. The van der Waals surface area contributed by atoms with Gasteiger partial charge in [-0.15, -0.1) is 11.3 Å². The average Bonchev–Trinajstić information content (AvgIpc) is 2.83. The second-order valence-electron chi connectivity index (χ2n) is 3.57. The topological polar surface area (TPSA) is 17.1 Å². The first-order chi connectivity index (χ1) is 7.81. The third-order valence-electron chi connectivity index (χ3n) is 2.32. The second kappa shape index (κ2) is 4.90. The Balaban J connectivity index is 2.51. The first-order valence-electron chi connectivity index (χ1n) is 5.07. The van der Waals surface area contributed by atoms with Crippen molar-refractivity contribution in [3.63, 3.8) is 0 Å². The Kier molecular flexibility index (Phi) is 3.32. The molecule has 2 rings (SSSR count). The first kappa shape index (κ1) is 10.8. The maximum absolute atomic E-state index is 10.6. The minimum Gasteiger partial charge on any atom is -0.298 e. The van der Waals surface area contributed by atoms with Crippen LogP contribution in [0.25, 0.3) is 16.5 Å². The van der Waals surface area contributed by atoms with E-state index in [1.165, 1.54) is 10.4 Å². The van der Waals surface area contributed by atoms with Crippen LogP contribution in [0, 0.1) is 0 Å². The molecule has 1 aromatic carbocycles. The minimum absolute atomic E-state index is 0.740. The molecule has 80 valence electrons. The first-order valence-corrected chi connectivity index (χ1v) is 5.95. The quantitative estimate of drug-likeness (QED) is 0.573. The summed E-state index contributed by atoms with van der Waals surface area (Å²) in [6, 6.07) is 12.2. The summed E-state index contributed by atoms with van der Waals surface area (Å²) in [7, 11) is 0. The van der Waals surface area contributed by atoms with E-state index in [0.29, 0.717) is 0 Å². The van der Waals surface area contributed by atoms with Crippen LogP contribution in [0.3, 0.4) is 0 Å². The molecule has 2 heteroatoms. The fourth-order valence-corrected chi connectivity index (χ4v) is 2.33. The van der Waals surface area contributed by atoms with Gasteiger partial charge in [-0.05, 0) is 41.1 Å². The molecule has 1 heterocycles. The standard InChI is InChI=1S/C14H12OS/c1-11(10-15)9-12-5-2-3-6-13(12)14-7-4-8-16-14/h2-10H,1H3/b11-9+. The zero-order valence-electron chi connectivity index (χ0n) is 9.01. The van der Waals surface area contributed by atoms with Gasteiger partial charge >= 0.3 is 0 Å². The fraction of sp³-hybridized carbons (Fsp3) is 0.0714. The van der Waals surface area contributed by atoms with E-state index in [0.717, 1.165) is 17.4 Å². The Morgan fingerprint density at radius 3 is 2.69 bits per heavy atom. The van der Waals surface area contributed by atoms with Gasteiger partial charge in [0.05, 0.1) is 0 Å². The van der Waals surface area contributed by atoms with Gasteiger partial charge in [0, 0.05) is 4.88 Å². The summed E-state index contributed by atoms with van der Waals surface area (Å²) in [5.74, 6) is 0. The van der Waals surface area contributed by atoms with Crippen molar-refractivity contribution in [1.29, 1.82) is 0 Å². The van der Waals surface area contributed by atoms with Gasteiger partial charge in [0.2, 0.25) is 0 Å². The molecule has 0 saturated heterocycles. The zero-order chi connectivity index (χ0) is 11.4. The Morgan fingerprint density at radius 1 is 1.19 bits per heavy atom. The number of rotatable bonds is 3. The number of hydrogen-bond acceptors (Lipinski definition) is 2. The van der Waals surface area contributed by atoms with Crippen LogP contribution < -0.4 is 0 Å². The highest BCUT2D eigenvalue weighted by Crippen LogP contribution is 2.29. The van der Waals surface area contributed by atoms with E-state index in [4.69, 9.17) is 0 Å². The summed E-state index contributed by atoms with van der Waals surface area (Å²) >= 11 is 1.71. The third-order valence-corrected chi connectivity index (χ3v) is 3.22. The molecule has 0 amide bonds. The lowest BCUT2D eigenvalue weighted by Gasteiger charge is -2.03. The van der Waals surface area contributed by atoms with Crippen LogP contribution in [0.2, 0.25) is 0 Å². The van der Waals surface area contributed by atoms with Gasteiger partial charge < -0.3 is 0 Å². The molecule has 0 aliphatic heterocycles. The second-order valence-corrected chi connectivity index (χ2v) is 4.52. The largest absolute Gasteiger partial charge is 0.298 e. The summed E-state index contributed by atoms with van der Waals surface area (Å²) in [5, 5.41) is 2.06. The summed E-state index contributed by atoms with van der Waals surface area (Å²) < 4.78 is 0. The number of carbonyl (C=O) groups excluding carboxylic acids is 1. The Labute approximate surface area is 99.1 Å². The summed E-state index contributed by atoms with van der Waals surface area (Å²) in [6.45, 7) is 1.82. The van der Waals surface area contributed by atoms with Crippen molar-refractivity contribution in [2.75, 3.05) is 0 Å². The molecule has 1 aromatic heterocycles. The zero-order valence-corrected chi connectivity index (χ0v) is 9.83. The van der Waals surface area contributed by atoms with Crippen molar-refractivity contribution in [3.8, 4) is 10.4 Å². The van der Waals surface area contributed by atoms with Crippen LogP contribution in [0.5, 0.6) is 0 Å². The van der Waals surface area contributed by atoms with Gasteiger partial charge in [-0.2, -0.15) is 0 Å². The molecule has 0 aliphatic rings. The van der Waals surface area contributed by atoms with Crippen LogP contribution in [-0.2, 0) is 4.79 Å². The van der Waals surface area contributed by atoms with E-state index in [2.05, 4.69) is 17.5 Å².